The topological polar surface area (TPSA) is 74.8 Å². The Morgan fingerprint density at radius 2 is 2.13 bits per heavy atom. The molecule has 1 unspecified atom stereocenters. The number of hydrogen-bond acceptors (Lipinski definition) is 4. The van der Waals surface area contributed by atoms with E-state index in [4.69, 9.17) is 4.74 Å². The Balaban J connectivity index is 1.39. The number of nitrogens with one attached hydrogen (secondary N) is 1. The Bertz CT molecular complexity index is 632. The lowest BCUT2D eigenvalue weighted by atomic mass is 10.1. The second-order valence-electron chi connectivity index (χ2n) is 6.35. The summed E-state index contributed by atoms with van der Waals surface area (Å²) in [5.41, 5.74) is 1.06. The number of nitrogens with zero attached hydrogens (tertiary/aromatic N) is 3. The van der Waals surface area contributed by atoms with Crippen LogP contribution in [0, 0.1) is 0 Å². The van der Waals surface area contributed by atoms with E-state index in [0.29, 0.717) is 38.0 Å². The molecule has 7 heteroatoms. The molecule has 0 aromatic carbocycles. The van der Waals surface area contributed by atoms with Crippen LogP contribution in [-0.4, -0.2) is 59.2 Å². The van der Waals surface area contributed by atoms with E-state index in [2.05, 4.69) is 10.3 Å². The number of fused-ring (bicyclic) bond motifs is 1. The first kappa shape index (κ1) is 14.3. The Hall–Kier alpha value is -2.31. The van der Waals surface area contributed by atoms with Gasteiger partial charge in [0.15, 0.2) is 0 Å². The zero-order valence-corrected chi connectivity index (χ0v) is 12.9. The summed E-state index contributed by atoms with van der Waals surface area (Å²) in [5, 5.41) is 2.88. The quantitative estimate of drug-likeness (QED) is 0.906. The summed E-state index contributed by atoms with van der Waals surface area (Å²) in [6.45, 7) is 2.01. The van der Waals surface area contributed by atoms with Gasteiger partial charge in [-0.2, -0.15) is 0 Å². The highest BCUT2D eigenvalue weighted by Gasteiger charge is 2.36. The van der Waals surface area contributed by atoms with Crippen LogP contribution in [0.4, 0.5) is 15.4 Å². The lowest BCUT2D eigenvalue weighted by Crippen LogP contribution is -2.59. The molecule has 1 aromatic heterocycles. The number of piperazine rings is 1. The van der Waals surface area contributed by atoms with E-state index < -0.39 is 0 Å². The molecule has 1 N–H and O–H groups in total. The third-order valence-corrected chi connectivity index (χ3v) is 4.68. The fourth-order valence-corrected chi connectivity index (χ4v) is 3.21. The average molecular weight is 316 g/mol. The predicted molar refractivity (Wildman–Crippen MR) is 83.3 cm³/mol. The number of urea groups is 1. The number of carbonyl (C=O) groups is 2. The minimum absolute atomic E-state index is 0.0570. The van der Waals surface area contributed by atoms with Crippen molar-refractivity contribution >= 4 is 17.9 Å². The standard InChI is InChI=1S/C16H20N4O3/c21-15(18-14-3-1-2-13(17-14)11-4-5-11)19-7-8-20-12(10-19)6-9-23-16(20)22/h1-3,11-12H,4-10H2,(H,17,18,21). The lowest BCUT2D eigenvalue weighted by molar-refractivity contribution is 0.0156. The number of amides is 3. The first-order valence-electron chi connectivity index (χ1n) is 8.17. The van der Waals surface area contributed by atoms with Crippen LogP contribution in [0.15, 0.2) is 18.2 Å². The van der Waals surface area contributed by atoms with Crippen LogP contribution in [-0.2, 0) is 4.74 Å². The van der Waals surface area contributed by atoms with Crippen LogP contribution >= 0.6 is 0 Å². The van der Waals surface area contributed by atoms with E-state index in [0.717, 1.165) is 12.1 Å². The maximum absolute atomic E-state index is 12.5. The molecule has 7 nitrogen and oxygen atoms in total. The molecule has 2 saturated heterocycles. The number of aromatic nitrogens is 1. The van der Waals surface area contributed by atoms with Gasteiger partial charge < -0.3 is 14.5 Å². The summed E-state index contributed by atoms with van der Waals surface area (Å²) < 4.78 is 5.04. The molecule has 1 aliphatic carbocycles. The van der Waals surface area contributed by atoms with Crippen LogP contribution in [0.1, 0.15) is 30.9 Å². The van der Waals surface area contributed by atoms with Crippen LogP contribution in [0.3, 0.4) is 0 Å². The molecule has 4 rings (SSSR count). The predicted octanol–water partition coefficient (Wildman–Crippen LogP) is 2.02. The van der Waals surface area contributed by atoms with Crippen molar-refractivity contribution in [3.05, 3.63) is 23.9 Å². The van der Waals surface area contributed by atoms with Gasteiger partial charge in [0.05, 0.1) is 12.6 Å². The second-order valence-corrected chi connectivity index (χ2v) is 6.35. The summed E-state index contributed by atoms with van der Waals surface area (Å²) in [7, 11) is 0. The number of carbonyl (C=O) groups excluding carboxylic acids is 2. The number of pyridine rings is 1. The van der Waals surface area contributed by atoms with Crippen LogP contribution in [0.5, 0.6) is 0 Å². The van der Waals surface area contributed by atoms with Crippen molar-refractivity contribution in [1.29, 1.82) is 0 Å². The molecule has 23 heavy (non-hydrogen) atoms. The SMILES string of the molecule is O=C(Nc1cccc(C2CC2)n1)N1CCN2C(=O)OCCC2C1. The molecule has 1 aromatic rings. The highest BCUT2D eigenvalue weighted by Crippen LogP contribution is 2.39. The first-order valence-corrected chi connectivity index (χ1v) is 8.17. The van der Waals surface area contributed by atoms with Crippen LogP contribution in [0.2, 0.25) is 0 Å². The Labute approximate surface area is 134 Å². The molecule has 3 heterocycles. The van der Waals surface area contributed by atoms with Crippen molar-refractivity contribution < 1.29 is 14.3 Å². The van der Waals surface area contributed by atoms with Gasteiger partial charge in [0, 0.05) is 37.7 Å². The third-order valence-electron chi connectivity index (χ3n) is 4.68. The van der Waals surface area contributed by atoms with Gasteiger partial charge in [-0.05, 0) is 25.0 Å². The second kappa shape index (κ2) is 5.72. The van der Waals surface area contributed by atoms with Gasteiger partial charge in [0.2, 0.25) is 0 Å². The van der Waals surface area contributed by atoms with Gasteiger partial charge in [0.1, 0.15) is 5.82 Å². The number of rotatable bonds is 2. The molecular formula is C16H20N4O3. The summed E-state index contributed by atoms with van der Waals surface area (Å²) in [6.07, 6.45) is 2.87. The highest BCUT2D eigenvalue weighted by molar-refractivity contribution is 5.88. The van der Waals surface area contributed by atoms with Gasteiger partial charge in [-0.25, -0.2) is 14.6 Å². The van der Waals surface area contributed by atoms with E-state index in [1.54, 1.807) is 9.80 Å². The number of anilines is 1. The summed E-state index contributed by atoms with van der Waals surface area (Å²) in [6, 6.07) is 5.67. The Morgan fingerprint density at radius 1 is 1.26 bits per heavy atom. The lowest BCUT2D eigenvalue weighted by Gasteiger charge is -2.42. The summed E-state index contributed by atoms with van der Waals surface area (Å²) in [5.74, 6) is 1.16. The van der Waals surface area contributed by atoms with Gasteiger partial charge in [-0.1, -0.05) is 6.07 Å². The van der Waals surface area contributed by atoms with Gasteiger partial charge >= 0.3 is 12.1 Å². The monoisotopic (exact) mass is 316 g/mol. The molecule has 1 saturated carbocycles. The van der Waals surface area contributed by atoms with E-state index >= 15 is 0 Å². The van der Waals surface area contributed by atoms with E-state index in [9.17, 15) is 9.59 Å². The zero-order chi connectivity index (χ0) is 15.8. The summed E-state index contributed by atoms with van der Waals surface area (Å²) in [4.78, 5) is 32.1. The fraction of sp³-hybridized carbons (Fsp3) is 0.562. The molecule has 3 aliphatic rings. The molecule has 122 valence electrons. The number of hydrogen-bond donors (Lipinski definition) is 1. The molecule has 0 radical (unpaired) electrons. The van der Waals surface area contributed by atoms with Crippen molar-refractivity contribution in [2.75, 3.05) is 31.6 Å². The van der Waals surface area contributed by atoms with Crippen molar-refractivity contribution in [3.63, 3.8) is 0 Å². The molecule has 0 bridgehead atoms. The fourth-order valence-electron chi connectivity index (χ4n) is 3.21. The maximum atomic E-state index is 12.5. The zero-order valence-electron chi connectivity index (χ0n) is 12.9. The normalized spacial score (nSPS) is 24.0. The largest absolute Gasteiger partial charge is 0.449 e. The Morgan fingerprint density at radius 3 is 2.96 bits per heavy atom. The molecule has 2 aliphatic heterocycles. The first-order chi connectivity index (χ1) is 11.2. The summed E-state index contributed by atoms with van der Waals surface area (Å²) >= 11 is 0. The highest BCUT2D eigenvalue weighted by atomic mass is 16.6. The number of cyclic esters (lactones) is 1. The molecule has 3 fully saturated rings. The van der Waals surface area contributed by atoms with Crippen LogP contribution in [0.25, 0.3) is 0 Å². The van der Waals surface area contributed by atoms with Crippen molar-refractivity contribution in [3.8, 4) is 0 Å². The van der Waals surface area contributed by atoms with Crippen molar-refractivity contribution in [1.82, 2.24) is 14.8 Å². The average Bonchev–Trinajstić information content (AvgIpc) is 3.40. The van der Waals surface area contributed by atoms with E-state index in [-0.39, 0.29) is 18.2 Å². The number of ether oxygens (including phenoxy) is 1. The minimum atomic E-state index is -0.264. The molecule has 3 amide bonds. The van der Waals surface area contributed by atoms with Gasteiger partial charge in [0.25, 0.3) is 0 Å². The minimum Gasteiger partial charge on any atom is -0.449 e. The molecule has 0 spiro atoms. The van der Waals surface area contributed by atoms with Crippen molar-refractivity contribution in [2.24, 2.45) is 0 Å². The van der Waals surface area contributed by atoms with Gasteiger partial charge in [-0.3, -0.25) is 5.32 Å². The van der Waals surface area contributed by atoms with E-state index in [1.165, 1.54) is 12.8 Å². The smallest absolute Gasteiger partial charge is 0.410 e. The molecule has 1 atom stereocenters. The molecular weight excluding hydrogens is 296 g/mol. The van der Waals surface area contributed by atoms with Crippen LogP contribution < -0.4 is 5.32 Å². The van der Waals surface area contributed by atoms with Gasteiger partial charge in [-0.15, -0.1) is 0 Å². The Kier molecular flexibility index (Phi) is 3.55. The maximum Gasteiger partial charge on any atom is 0.410 e. The third kappa shape index (κ3) is 2.95. The van der Waals surface area contributed by atoms with Crippen molar-refractivity contribution in [2.45, 2.75) is 31.2 Å². The van der Waals surface area contributed by atoms with E-state index in [1.807, 2.05) is 18.2 Å².